The van der Waals surface area contributed by atoms with Gasteiger partial charge in [-0.25, -0.2) is 15.0 Å². The Bertz CT molecular complexity index is 3280. The molecule has 0 bridgehead atoms. The van der Waals surface area contributed by atoms with Crippen molar-refractivity contribution in [1.29, 1.82) is 0 Å². The second kappa shape index (κ2) is 14.5. The van der Waals surface area contributed by atoms with E-state index < -0.39 is 0 Å². The summed E-state index contributed by atoms with van der Waals surface area (Å²) in [7, 11) is 0. The number of hydrogen-bond acceptors (Lipinski definition) is 4. The number of nitrogens with zero attached hydrogens (tertiary/aromatic N) is 3. The summed E-state index contributed by atoms with van der Waals surface area (Å²) < 4.78 is 6.54. The van der Waals surface area contributed by atoms with Gasteiger partial charge >= 0.3 is 0 Å². The maximum Gasteiger partial charge on any atom is 0.167 e. The Morgan fingerprint density at radius 1 is 0.271 bits per heavy atom. The minimum absolute atomic E-state index is 0.550. The highest BCUT2D eigenvalue weighted by molar-refractivity contribution is 6.09. The first kappa shape index (κ1) is 34.3. The van der Waals surface area contributed by atoms with Gasteiger partial charge in [-0.2, -0.15) is 0 Å². The van der Waals surface area contributed by atoms with Gasteiger partial charge in [0.1, 0.15) is 11.2 Å². The monoisotopic (exact) mass is 753 g/mol. The molecule has 0 saturated carbocycles. The van der Waals surface area contributed by atoms with Gasteiger partial charge in [-0.3, -0.25) is 0 Å². The van der Waals surface area contributed by atoms with E-state index in [1.54, 1.807) is 0 Å². The van der Waals surface area contributed by atoms with Crippen LogP contribution < -0.4 is 0 Å². The normalized spacial score (nSPS) is 11.4. The Balaban J connectivity index is 1.08. The van der Waals surface area contributed by atoms with Gasteiger partial charge in [0.25, 0.3) is 0 Å². The van der Waals surface area contributed by atoms with Crippen LogP contribution in [0.3, 0.4) is 0 Å². The summed E-state index contributed by atoms with van der Waals surface area (Å²) in [5.74, 6) is 1.73. The van der Waals surface area contributed by atoms with Crippen molar-refractivity contribution in [2.45, 2.75) is 0 Å². The maximum absolute atomic E-state index is 6.54. The predicted molar refractivity (Wildman–Crippen MR) is 243 cm³/mol. The third-order valence-corrected chi connectivity index (χ3v) is 11.2. The van der Waals surface area contributed by atoms with Gasteiger partial charge in [-0.05, 0) is 67.4 Å². The van der Waals surface area contributed by atoms with Crippen LogP contribution in [-0.4, -0.2) is 15.0 Å². The fourth-order valence-electron chi connectivity index (χ4n) is 8.18. The third kappa shape index (κ3) is 6.34. The lowest BCUT2D eigenvalue weighted by Crippen LogP contribution is -2.02. The topological polar surface area (TPSA) is 51.8 Å². The van der Waals surface area contributed by atoms with Crippen molar-refractivity contribution in [1.82, 2.24) is 15.0 Å². The van der Waals surface area contributed by atoms with E-state index in [1.165, 1.54) is 16.7 Å². The molecule has 2 aromatic heterocycles. The highest BCUT2D eigenvalue weighted by Gasteiger charge is 2.21. The minimum Gasteiger partial charge on any atom is -0.455 e. The van der Waals surface area contributed by atoms with E-state index in [0.29, 0.717) is 17.5 Å². The van der Waals surface area contributed by atoms with Crippen molar-refractivity contribution < 1.29 is 4.42 Å². The molecule has 0 aliphatic heterocycles. The Morgan fingerprint density at radius 3 is 1.39 bits per heavy atom. The Kier molecular flexibility index (Phi) is 8.45. The van der Waals surface area contributed by atoms with Gasteiger partial charge in [0.05, 0.1) is 5.56 Å². The molecule has 4 nitrogen and oxygen atoms in total. The van der Waals surface area contributed by atoms with E-state index in [9.17, 15) is 0 Å². The Hall–Kier alpha value is -7.95. The van der Waals surface area contributed by atoms with Crippen LogP contribution in [0.25, 0.3) is 111 Å². The maximum atomic E-state index is 6.54. The van der Waals surface area contributed by atoms with Gasteiger partial charge in [-0.1, -0.05) is 200 Å². The van der Waals surface area contributed by atoms with E-state index in [1.807, 2.05) is 36.4 Å². The SMILES string of the molecule is c1ccc(-c2ccc(-c3ccc(-c4nc(-c5c(-c6ccc(-c7ccccc7)cc6)ccc6ccccc56)nc(-c5cccc6c5oc5ccccc56)n4)cc3)cc2)cc1. The number of rotatable bonds is 7. The minimum atomic E-state index is 0.550. The number of aromatic nitrogens is 3. The molecular weight excluding hydrogens is 719 g/mol. The fourth-order valence-corrected chi connectivity index (χ4v) is 8.18. The largest absolute Gasteiger partial charge is 0.455 e. The molecule has 0 aliphatic rings. The quantitative estimate of drug-likeness (QED) is 0.163. The van der Waals surface area contributed by atoms with Crippen LogP contribution in [0.2, 0.25) is 0 Å². The molecule has 0 aliphatic carbocycles. The molecule has 0 unspecified atom stereocenters. The molecule has 0 radical (unpaired) electrons. The average Bonchev–Trinajstić information content (AvgIpc) is 3.71. The number of hydrogen-bond donors (Lipinski definition) is 0. The average molecular weight is 754 g/mol. The van der Waals surface area contributed by atoms with E-state index in [0.717, 1.165) is 77.2 Å². The lowest BCUT2D eigenvalue weighted by atomic mass is 9.92. The van der Waals surface area contributed by atoms with Crippen molar-refractivity contribution >= 4 is 32.7 Å². The van der Waals surface area contributed by atoms with E-state index in [-0.39, 0.29) is 0 Å². The molecule has 0 atom stereocenters. The highest BCUT2D eigenvalue weighted by atomic mass is 16.3. The first-order chi connectivity index (χ1) is 29.2. The molecule has 9 aromatic carbocycles. The van der Waals surface area contributed by atoms with Gasteiger partial charge in [0, 0.05) is 21.9 Å². The molecule has 0 N–H and O–H groups in total. The fraction of sp³-hybridized carbons (Fsp3) is 0. The van der Waals surface area contributed by atoms with E-state index in [4.69, 9.17) is 19.4 Å². The van der Waals surface area contributed by atoms with Crippen molar-refractivity contribution in [2.75, 3.05) is 0 Å². The van der Waals surface area contributed by atoms with Gasteiger partial charge < -0.3 is 4.42 Å². The second-order valence-electron chi connectivity index (χ2n) is 14.8. The zero-order chi connectivity index (χ0) is 39.1. The van der Waals surface area contributed by atoms with Crippen LogP contribution in [-0.2, 0) is 0 Å². The molecule has 0 fully saturated rings. The summed E-state index contributed by atoms with van der Waals surface area (Å²) in [5.41, 5.74) is 13.4. The summed E-state index contributed by atoms with van der Waals surface area (Å²) in [6.07, 6.45) is 0. The molecule has 2 heterocycles. The molecule has 59 heavy (non-hydrogen) atoms. The molecule has 0 saturated heterocycles. The molecule has 4 heteroatoms. The van der Waals surface area contributed by atoms with Crippen molar-refractivity contribution in [3.05, 3.63) is 212 Å². The van der Waals surface area contributed by atoms with Crippen molar-refractivity contribution in [3.8, 4) is 78.7 Å². The van der Waals surface area contributed by atoms with Crippen molar-refractivity contribution in [3.63, 3.8) is 0 Å². The highest BCUT2D eigenvalue weighted by Crippen LogP contribution is 2.40. The van der Waals surface area contributed by atoms with Crippen LogP contribution in [0.4, 0.5) is 0 Å². The second-order valence-corrected chi connectivity index (χ2v) is 14.8. The van der Waals surface area contributed by atoms with E-state index >= 15 is 0 Å². The van der Waals surface area contributed by atoms with Crippen LogP contribution in [0.5, 0.6) is 0 Å². The molecule has 11 rings (SSSR count). The third-order valence-electron chi connectivity index (χ3n) is 11.2. The standard InChI is InChI=1S/C55H35N3O/c1-3-12-36(13-4-1)38-22-24-40(25-23-38)41-28-32-44(33-29-41)53-56-54(49-20-11-19-48-47-18-9-10-21-50(47)59-52(48)49)58-55(57-53)51-45-17-8-7-16-42(45)34-35-46(51)43-30-26-39(27-31-43)37-14-5-2-6-15-37/h1-35H. The van der Waals surface area contributed by atoms with Gasteiger partial charge in [0.2, 0.25) is 0 Å². The van der Waals surface area contributed by atoms with E-state index in [2.05, 4.69) is 176 Å². The van der Waals surface area contributed by atoms with Crippen molar-refractivity contribution in [2.24, 2.45) is 0 Å². The lowest BCUT2D eigenvalue weighted by Gasteiger charge is -2.15. The number of fused-ring (bicyclic) bond motifs is 4. The van der Waals surface area contributed by atoms with Crippen LogP contribution in [0, 0.1) is 0 Å². The molecule has 276 valence electrons. The zero-order valence-electron chi connectivity index (χ0n) is 32.0. The molecule has 0 amide bonds. The lowest BCUT2D eigenvalue weighted by molar-refractivity contribution is 0.669. The summed E-state index contributed by atoms with van der Waals surface area (Å²) in [6.45, 7) is 0. The number of benzene rings is 9. The smallest absolute Gasteiger partial charge is 0.167 e. The summed E-state index contributed by atoms with van der Waals surface area (Å²) in [4.78, 5) is 15.9. The summed E-state index contributed by atoms with van der Waals surface area (Å²) in [6, 6.07) is 74.1. The molecule has 11 aromatic rings. The van der Waals surface area contributed by atoms with Gasteiger partial charge in [0.15, 0.2) is 17.5 Å². The van der Waals surface area contributed by atoms with Gasteiger partial charge in [-0.15, -0.1) is 0 Å². The first-order valence-corrected chi connectivity index (χ1v) is 19.8. The molecular formula is C55H35N3O. The number of para-hydroxylation sites is 2. The van der Waals surface area contributed by atoms with Crippen LogP contribution >= 0.6 is 0 Å². The first-order valence-electron chi connectivity index (χ1n) is 19.8. The molecule has 0 spiro atoms. The van der Waals surface area contributed by atoms with Crippen LogP contribution in [0.15, 0.2) is 217 Å². The Labute approximate surface area is 341 Å². The Morgan fingerprint density at radius 2 is 0.746 bits per heavy atom. The number of furan rings is 1. The summed E-state index contributed by atoms with van der Waals surface area (Å²) in [5, 5.41) is 4.25. The predicted octanol–water partition coefficient (Wildman–Crippen LogP) is 14.6. The zero-order valence-corrected chi connectivity index (χ0v) is 32.0. The summed E-state index contributed by atoms with van der Waals surface area (Å²) >= 11 is 0. The van der Waals surface area contributed by atoms with Crippen LogP contribution in [0.1, 0.15) is 0 Å².